The maximum Gasteiger partial charge on any atom is 0.410 e. The molecule has 1 amide bonds. The van der Waals surface area contributed by atoms with E-state index in [9.17, 15) is 15.0 Å². The third-order valence-corrected chi connectivity index (χ3v) is 12.5. The molecule has 328 valence electrons. The highest BCUT2D eigenvalue weighted by atomic mass is 35.5. The number of ether oxygens (including phenoxy) is 4. The topological polar surface area (TPSA) is 119 Å². The lowest BCUT2D eigenvalue weighted by Gasteiger charge is -2.59. The van der Waals surface area contributed by atoms with Crippen LogP contribution in [-0.2, 0) is 27.5 Å². The average Bonchev–Trinajstić information content (AvgIpc) is 3.30. The van der Waals surface area contributed by atoms with E-state index >= 15 is 0 Å². The summed E-state index contributed by atoms with van der Waals surface area (Å²) >= 11 is 6.16. The van der Waals surface area contributed by atoms with Gasteiger partial charge in [0, 0.05) is 31.1 Å². The normalized spacial score (nSPS) is 23.0. The molecule has 0 aromatic heterocycles. The number of aliphatic hydroxyl groups is 2. The van der Waals surface area contributed by atoms with Crippen LogP contribution in [0.4, 0.5) is 4.79 Å². The number of rotatable bonds is 22. The minimum Gasteiger partial charge on any atom is -0.490 e. The van der Waals surface area contributed by atoms with Gasteiger partial charge in [-0.15, -0.1) is 18.2 Å². The number of amides is 1. The van der Waals surface area contributed by atoms with E-state index in [-0.39, 0.29) is 69.6 Å². The highest BCUT2D eigenvalue weighted by Crippen LogP contribution is 2.62. The zero-order valence-electron chi connectivity index (χ0n) is 35.4. The van der Waals surface area contributed by atoms with Crippen molar-refractivity contribution in [3.8, 4) is 11.5 Å². The van der Waals surface area contributed by atoms with Crippen molar-refractivity contribution in [3.63, 3.8) is 0 Å². The highest BCUT2D eigenvalue weighted by Gasteiger charge is 2.65. The van der Waals surface area contributed by atoms with E-state index in [0.717, 1.165) is 58.7 Å². The van der Waals surface area contributed by atoms with Gasteiger partial charge in [0.2, 0.25) is 5.79 Å². The second-order valence-electron chi connectivity index (χ2n) is 16.2. The van der Waals surface area contributed by atoms with Crippen molar-refractivity contribution >= 4 is 34.2 Å². The number of hydrogen-bond acceptors (Lipinski definition) is 9. The zero-order valence-corrected chi connectivity index (χ0v) is 36.2. The van der Waals surface area contributed by atoms with Gasteiger partial charge < -0.3 is 34.0 Å². The summed E-state index contributed by atoms with van der Waals surface area (Å²) in [6.45, 7) is 9.03. The van der Waals surface area contributed by atoms with Crippen LogP contribution in [0.3, 0.4) is 0 Å². The molecule has 11 heteroatoms. The fourth-order valence-corrected chi connectivity index (χ4v) is 9.85. The first kappa shape index (κ1) is 44.9. The van der Waals surface area contributed by atoms with Crippen molar-refractivity contribution < 1.29 is 38.8 Å². The lowest BCUT2D eigenvalue weighted by molar-refractivity contribution is -0.256. The van der Waals surface area contributed by atoms with Crippen LogP contribution < -0.4 is 9.47 Å². The molecule has 2 aliphatic carbocycles. The third kappa shape index (κ3) is 9.89. The predicted octanol–water partition coefficient (Wildman–Crippen LogP) is 10.1. The molecule has 0 bridgehead atoms. The Kier molecular flexibility index (Phi) is 15.8. The molecule has 3 aliphatic rings. The smallest absolute Gasteiger partial charge is 0.410 e. The second-order valence-corrected chi connectivity index (χ2v) is 16.6. The molecule has 0 radical (unpaired) electrons. The van der Waals surface area contributed by atoms with Gasteiger partial charge in [-0.2, -0.15) is 0 Å². The number of nitrogens with zero attached hydrogens (tertiary/aromatic N) is 2. The molecule has 4 aromatic rings. The van der Waals surface area contributed by atoms with E-state index in [1.165, 1.54) is 0 Å². The molecule has 1 heterocycles. The van der Waals surface area contributed by atoms with E-state index in [1.807, 2.05) is 66.7 Å². The van der Waals surface area contributed by atoms with Crippen LogP contribution in [0.5, 0.6) is 11.5 Å². The molecule has 1 aliphatic heterocycles. The number of fused-ring (bicyclic) bond motifs is 3. The highest BCUT2D eigenvalue weighted by molar-refractivity contribution is 6.18. The molecule has 0 spiro atoms. The van der Waals surface area contributed by atoms with Gasteiger partial charge in [-0.05, 0) is 83.2 Å². The summed E-state index contributed by atoms with van der Waals surface area (Å²) in [4.78, 5) is 22.8. The fraction of sp³-hybridized carbons (Fsp3) is 0.412. The first-order chi connectivity index (χ1) is 30.5. The molecule has 1 fully saturated rings. The number of hydrogen-bond donors (Lipinski definition) is 2. The van der Waals surface area contributed by atoms with Crippen LogP contribution in [-0.4, -0.2) is 77.7 Å². The molecule has 4 aromatic carbocycles. The summed E-state index contributed by atoms with van der Waals surface area (Å²) in [5.74, 6) is -0.596. The Morgan fingerprint density at radius 3 is 2.45 bits per heavy atom. The van der Waals surface area contributed by atoms with E-state index in [2.05, 4.69) is 43.5 Å². The molecular weight excluding hydrogens is 804 g/mol. The molecule has 6 unspecified atom stereocenters. The standard InChI is InChI=1S/C51H59ClN2O8/c1-3-28-58-40-23-24-46-44(32-40)48-42(22-11-13-27-56)38(18-10-12-26-55)31-43-45(53-61-35-36-15-6-5-7-16-36)33-47(51(62-46,49(43)48)60-29-4-2)54(50(57)59-30-25-52)34-39-20-14-19-37-17-8-9-21-41(37)39/h3-9,14-17,19-21,23-24,31-32,38,42,47-49,55-56H,1-2,10-13,18,22,25-30,33-35H2. The van der Waals surface area contributed by atoms with Crippen LogP contribution in [0, 0.1) is 17.8 Å². The van der Waals surface area contributed by atoms with Crippen molar-refractivity contribution in [1.29, 1.82) is 0 Å². The van der Waals surface area contributed by atoms with Gasteiger partial charge in [-0.1, -0.05) is 116 Å². The molecule has 62 heavy (non-hydrogen) atoms. The van der Waals surface area contributed by atoms with Crippen LogP contribution in [0.1, 0.15) is 67.6 Å². The Bertz CT molecular complexity index is 2190. The van der Waals surface area contributed by atoms with Crippen LogP contribution in [0.15, 0.2) is 133 Å². The monoisotopic (exact) mass is 862 g/mol. The van der Waals surface area contributed by atoms with Gasteiger partial charge in [0.1, 0.15) is 37.4 Å². The summed E-state index contributed by atoms with van der Waals surface area (Å²) in [7, 11) is 0. The SMILES string of the molecule is C=CCOc1ccc2c(c1)C1C(CCCCO)C(CCCCO)C=C3C(=NOCc4ccccc4)CC(N(Cc4cccc5ccccc45)C(=O)OCCCl)C(OCC=C)(O2)C31. The van der Waals surface area contributed by atoms with E-state index in [0.29, 0.717) is 36.7 Å². The molecule has 10 nitrogen and oxygen atoms in total. The number of alkyl halides is 1. The number of carbonyl (C=O) groups excluding carboxylic acids is 1. The summed E-state index contributed by atoms with van der Waals surface area (Å²) in [6.07, 6.45) is 10.0. The molecule has 7 rings (SSSR count). The molecule has 1 saturated carbocycles. The Morgan fingerprint density at radius 2 is 1.68 bits per heavy atom. The second kappa shape index (κ2) is 21.8. The van der Waals surface area contributed by atoms with Crippen molar-refractivity contribution in [2.75, 3.05) is 38.9 Å². The van der Waals surface area contributed by atoms with Gasteiger partial charge >= 0.3 is 6.09 Å². The lowest BCUT2D eigenvalue weighted by Crippen LogP contribution is -2.70. The number of benzene rings is 4. The zero-order chi connectivity index (χ0) is 43.3. The molecular formula is C51H59ClN2O8. The summed E-state index contributed by atoms with van der Waals surface area (Å²) in [5, 5.41) is 26.9. The maximum atomic E-state index is 14.8. The third-order valence-electron chi connectivity index (χ3n) is 12.4. The van der Waals surface area contributed by atoms with Gasteiger partial charge in [-0.3, -0.25) is 4.90 Å². The number of halogens is 1. The number of carbonyl (C=O) groups is 1. The van der Waals surface area contributed by atoms with E-state index in [1.54, 1.807) is 17.1 Å². The number of oxime groups is 1. The van der Waals surface area contributed by atoms with Crippen molar-refractivity contribution in [1.82, 2.24) is 4.90 Å². The fourth-order valence-electron chi connectivity index (χ4n) is 9.78. The Labute approximate surface area is 370 Å². The minimum atomic E-state index is -1.46. The number of allylic oxidation sites excluding steroid dienone is 1. The van der Waals surface area contributed by atoms with Gasteiger partial charge in [-0.25, -0.2) is 4.79 Å². The quantitative estimate of drug-likeness (QED) is 0.0347. The lowest BCUT2D eigenvalue weighted by atomic mass is 9.55. The van der Waals surface area contributed by atoms with Gasteiger partial charge in [0.25, 0.3) is 0 Å². The number of unbranched alkanes of at least 4 members (excludes halogenated alkanes) is 2. The first-order valence-electron chi connectivity index (χ1n) is 21.9. The summed E-state index contributed by atoms with van der Waals surface area (Å²) in [6, 6.07) is 29.2. The predicted molar refractivity (Wildman–Crippen MR) is 243 cm³/mol. The van der Waals surface area contributed by atoms with Crippen molar-refractivity contribution in [2.24, 2.45) is 22.9 Å². The van der Waals surface area contributed by atoms with Crippen molar-refractivity contribution in [2.45, 2.75) is 75.8 Å². The largest absolute Gasteiger partial charge is 0.490 e. The van der Waals surface area contributed by atoms with Crippen molar-refractivity contribution in [3.05, 3.63) is 145 Å². The average molecular weight is 863 g/mol. The maximum absolute atomic E-state index is 14.8. The minimum absolute atomic E-state index is 0.0115. The van der Waals surface area contributed by atoms with E-state index in [4.69, 9.17) is 40.5 Å². The van der Waals surface area contributed by atoms with Crippen LogP contribution in [0.25, 0.3) is 10.8 Å². The van der Waals surface area contributed by atoms with Crippen LogP contribution in [0.2, 0.25) is 0 Å². The number of aliphatic hydroxyl groups excluding tert-OH is 2. The molecule has 2 N–H and O–H groups in total. The van der Waals surface area contributed by atoms with Crippen LogP contribution >= 0.6 is 11.6 Å². The molecule has 0 saturated heterocycles. The Morgan fingerprint density at radius 1 is 0.919 bits per heavy atom. The Balaban J connectivity index is 1.47. The molecule has 6 atom stereocenters. The van der Waals surface area contributed by atoms with E-state index < -0.39 is 23.8 Å². The van der Waals surface area contributed by atoms with Gasteiger partial charge in [0.05, 0.1) is 30.7 Å². The first-order valence-corrected chi connectivity index (χ1v) is 22.4. The summed E-state index contributed by atoms with van der Waals surface area (Å²) < 4.78 is 26.6. The summed E-state index contributed by atoms with van der Waals surface area (Å²) in [5.41, 5.74) is 4.50. The van der Waals surface area contributed by atoms with Gasteiger partial charge in [0.15, 0.2) is 0 Å². The Hall–Kier alpha value is -5.13.